The van der Waals surface area contributed by atoms with Gasteiger partial charge in [-0.1, -0.05) is 18.2 Å². The van der Waals surface area contributed by atoms with Gasteiger partial charge in [0, 0.05) is 23.5 Å². The summed E-state index contributed by atoms with van der Waals surface area (Å²) in [5.41, 5.74) is 14.1. The van der Waals surface area contributed by atoms with Crippen LogP contribution in [0.2, 0.25) is 0 Å². The van der Waals surface area contributed by atoms with Gasteiger partial charge in [0.2, 0.25) is 0 Å². The van der Waals surface area contributed by atoms with Crippen LogP contribution in [-0.4, -0.2) is 23.0 Å². The molecular formula is C12H14N4O3. The van der Waals surface area contributed by atoms with Crippen LogP contribution in [0.4, 0.5) is 4.79 Å². The lowest BCUT2D eigenvalue weighted by Crippen LogP contribution is -2.40. The Hall–Kier alpha value is -2.54. The van der Waals surface area contributed by atoms with Crippen molar-refractivity contribution in [3.8, 4) is 0 Å². The molecule has 0 fully saturated rings. The molecule has 0 saturated heterocycles. The highest BCUT2D eigenvalue weighted by Crippen LogP contribution is 2.18. The van der Waals surface area contributed by atoms with Crippen molar-refractivity contribution < 1.29 is 14.4 Å². The highest BCUT2D eigenvalue weighted by Gasteiger charge is 2.18. The lowest BCUT2D eigenvalue weighted by molar-refractivity contribution is -0.150. The molecule has 1 atom stereocenters. The number of primary amides is 1. The third-order valence-electron chi connectivity index (χ3n) is 2.67. The molecule has 7 nitrogen and oxygen atoms in total. The summed E-state index contributed by atoms with van der Waals surface area (Å²) in [6.45, 7) is 0. The van der Waals surface area contributed by atoms with E-state index in [1.54, 1.807) is 11.7 Å². The predicted octanol–water partition coefficient (Wildman–Crippen LogP) is 0.164. The van der Waals surface area contributed by atoms with E-state index >= 15 is 0 Å². The number of hydrogen-bond acceptors (Lipinski definition) is 4. The third-order valence-corrected chi connectivity index (χ3v) is 2.67. The van der Waals surface area contributed by atoms with Crippen LogP contribution in [0.25, 0.3) is 10.9 Å². The van der Waals surface area contributed by atoms with Gasteiger partial charge in [-0.05, 0) is 11.6 Å². The largest absolute Gasteiger partial charge is 0.361 e. The van der Waals surface area contributed by atoms with Gasteiger partial charge in [0.15, 0.2) is 0 Å². The molecule has 0 unspecified atom stereocenters. The Labute approximate surface area is 108 Å². The number of fused-ring (bicyclic) bond motifs is 1. The first-order valence-corrected chi connectivity index (χ1v) is 5.64. The molecule has 0 bridgehead atoms. The number of hydroxylamine groups is 1. The fourth-order valence-corrected chi connectivity index (χ4v) is 1.80. The molecule has 1 heterocycles. The molecule has 0 spiro atoms. The van der Waals surface area contributed by atoms with E-state index in [0.717, 1.165) is 16.5 Å². The van der Waals surface area contributed by atoms with Crippen LogP contribution in [0.15, 0.2) is 30.5 Å². The monoisotopic (exact) mass is 262 g/mol. The van der Waals surface area contributed by atoms with Crippen molar-refractivity contribution in [3.05, 3.63) is 36.0 Å². The van der Waals surface area contributed by atoms with E-state index < -0.39 is 18.0 Å². The van der Waals surface area contributed by atoms with Gasteiger partial charge in [-0.25, -0.2) is 9.59 Å². The maximum Gasteiger partial charge on any atom is 0.349 e. The van der Waals surface area contributed by atoms with E-state index in [4.69, 9.17) is 11.5 Å². The Bertz CT molecular complexity index is 608. The quantitative estimate of drug-likeness (QED) is 0.588. The van der Waals surface area contributed by atoms with Crippen molar-refractivity contribution >= 4 is 22.9 Å². The summed E-state index contributed by atoms with van der Waals surface area (Å²) in [6, 6.07) is 5.84. The van der Waals surface area contributed by atoms with Gasteiger partial charge in [0.25, 0.3) is 0 Å². The Kier molecular flexibility index (Phi) is 3.67. The zero-order valence-electron chi connectivity index (χ0n) is 10.1. The molecule has 1 aromatic heterocycles. The number of carbonyl (C=O) groups excluding carboxylic acids is 2. The average molecular weight is 262 g/mol. The van der Waals surface area contributed by atoms with Crippen molar-refractivity contribution in [1.29, 1.82) is 0 Å². The van der Waals surface area contributed by atoms with Gasteiger partial charge in [0.05, 0.1) is 0 Å². The molecular weight excluding hydrogens is 248 g/mol. The molecule has 2 amide bonds. The van der Waals surface area contributed by atoms with E-state index in [9.17, 15) is 9.59 Å². The van der Waals surface area contributed by atoms with Crippen LogP contribution in [0.3, 0.4) is 0 Å². The fraction of sp³-hybridized carbons (Fsp3) is 0.167. The second-order valence-corrected chi connectivity index (χ2v) is 4.06. The summed E-state index contributed by atoms with van der Waals surface area (Å²) in [6.07, 6.45) is 2.09. The minimum atomic E-state index is -0.951. The summed E-state index contributed by atoms with van der Waals surface area (Å²) >= 11 is 0. The normalized spacial score (nSPS) is 12.1. The van der Waals surface area contributed by atoms with Crippen molar-refractivity contribution in [3.63, 3.8) is 0 Å². The molecule has 2 rings (SSSR count). The number of carbonyl (C=O) groups is 2. The van der Waals surface area contributed by atoms with Gasteiger partial charge in [-0.15, -0.1) is 0 Å². The second-order valence-electron chi connectivity index (χ2n) is 4.06. The zero-order valence-corrected chi connectivity index (χ0v) is 10.1. The second kappa shape index (κ2) is 5.40. The van der Waals surface area contributed by atoms with Crippen LogP contribution in [-0.2, 0) is 16.1 Å². The number of nitrogens with one attached hydrogen (secondary N) is 2. The number of hydrogen-bond donors (Lipinski definition) is 4. The van der Waals surface area contributed by atoms with E-state index in [1.165, 1.54) is 0 Å². The summed E-state index contributed by atoms with van der Waals surface area (Å²) in [7, 11) is 0. The molecule has 0 aliphatic carbocycles. The van der Waals surface area contributed by atoms with Crippen LogP contribution >= 0.6 is 0 Å². The van der Waals surface area contributed by atoms with Crippen molar-refractivity contribution in [2.45, 2.75) is 12.5 Å². The zero-order chi connectivity index (χ0) is 13.8. The topological polar surface area (TPSA) is 123 Å². The smallest absolute Gasteiger partial charge is 0.349 e. The number of amides is 2. The van der Waals surface area contributed by atoms with Crippen LogP contribution in [0.1, 0.15) is 5.56 Å². The Morgan fingerprint density at radius 2 is 2.11 bits per heavy atom. The Balaban J connectivity index is 2.04. The SMILES string of the molecule is NC(=O)NOC(=O)[C@@H](N)Cc1c[nH]c2ccccc12. The van der Waals surface area contributed by atoms with E-state index in [-0.39, 0.29) is 0 Å². The molecule has 0 aliphatic heterocycles. The van der Waals surface area contributed by atoms with Crippen molar-refractivity contribution in [2.75, 3.05) is 0 Å². The van der Waals surface area contributed by atoms with Gasteiger partial charge >= 0.3 is 12.0 Å². The molecule has 6 N–H and O–H groups in total. The lowest BCUT2D eigenvalue weighted by atomic mass is 10.1. The van der Waals surface area contributed by atoms with Crippen LogP contribution < -0.4 is 16.9 Å². The first-order valence-electron chi connectivity index (χ1n) is 5.64. The highest BCUT2D eigenvalue weighted by molar-refractivity contribution is 5.84. The lowest BCUT2D eigenvalue weighted by Gasteiger charge is -2.09. The third kappa shape index (κ3) is 3.02. The van der Waals surface area contributed by atoms with Gasteiger partial charge in [0.1, 0.15) is 6.04 Å². The van der Waals surface area contributed by atoms with Gasteiger partial charge in [-0.2, -0.15) is 5.48 Å². The fourth-order valence-electron chi connectivity index (χ4n) is 1.80. The van der Waals surface area contributed by atoms with E-state index in [1.807, 2.05) is 24.3 Å². The maximum absolute atomic E-state index is 11.5. The summed E-state index contributed by atoms with van der Waals surface area (Å²) in [5, 5.41) is 0.994. The molecule has 100 valence electrons. The Morgan fingerprint density at radius 1 is 1.37 bits per heavy atom. The molecule has 7 heteroatoms. The molecule has 0 radical (unpaired) electrons. The highest BCUT2D eigenvalue weighted by atomic mass is 16.7. The molecule has 19 heavy (non-hydrogen) atoms. The van der Waals surface area contributed by atoms with Crippen LogP contribution in [0.5, 0.6) is 0 Å². The van der Waals surface area contributed by atoms with Gasteiger partial charge < -0.3 is 21.3 Å². The molecule has 1 aromatic carbocycles. The number of rotatable bonds is 3. The van der Waals surface area contributed by atoms with E-state index in [2.05, 4.69) is 9.82 Å². The summed E-state index contributed by atoms with van der Waals surface area (Å²) in [4.78, 5) is 29.4. The van der Waals surface area contributed by atoms with E-state index in [0.29, 0.717) is 6.42 Å². The minimum absolute atomic E-state index is 0.295. The average Bonchev–Trinajstić information content (AvgIpc) is 2.79. The Morgan fingerprint density at radius 3 is 2.84 bits per heavy atom. The number of benzene rings is 1. The van der Waals surface area contributed by atoms with Crippen LogP contribution in [0, 0.1) is 0 Å². The van der Waals surface area contributed by atoms with Crippen molar-refractivity contribution in [1.82, 2.24) is 10.5 Å². The van der Waals surface area contributed by atoms with Crippen molar-refractivity contribution in [2.24, 2.45) is 11.5 Å². The molecule has 0 saturated carbocycles. The first-order chi connectivity index (χ1) is 9.08. The number of urea groups is 1. The predicted molar refractivity (Wildman–Crippen MR) is 68.8 cm³/mol. The maximum atomic E-state index is 11.5. The number of para-hydroxylation sites is 1. The first kappa shape index (κ1) is 12.9. The standard InChI is InChI=1S/C12H14N4O3/c13-9(11(17)19-16-12(14)18)5-7-6-15-10-4-2-1-3-8(7)10/h1-4,6,9,15H,5,13H2,(H3,14,16,18)/t9-/m0/s1. The molecule has 2 aromatic rings. The summed E-state index contributed by atoms with van der Waals surface area (Å²) < 4.78 is 0. The number of nitrogens with two attached hydrogens (primary N) is 2. The summed E-state index contributed by atoms with van der Waals surface area (Å²) in [5.74, 6) is -0.746. The molecule has 0 aliphatic rings. The number of aromatic nitrogens is 1. The minimum Gasteiger partial charge on any atom is -0.361 e. The van der Waals surface area contributed by atoms with Gasteiger partial charge in [-0.3, -0.25) is 0 Å². The number of H-pyrrole nitrogens is 1. The number of aromatic amines is 1.